The van der Waals surface area contributed by atoms with Gasteiger partial charge in [0, 0.05) is 117 Å². The predicted molar refractivity (Wildman–Crippen MR) is 392 cm³/mol. The molecule has 1 saturated carbocycles. The first-order valence-corrected chi connectivity index (χ1v) is 35.6. The molecule has 12 aromatic rings. The van der Waals surface area contributed by atoms with Crippen molar-refractivity contribution in [2.45, 2.75) is 76.7 Å². The molecule has 1 unspecified atom stereocenters. The van der Waals surface area contributed by atoms with E-state index >= 15 is 0 Å². The van der Waals surface area contributed by atoms with Crippen molar-refractivity contribution in [1.29, 1.82) is 10.5 Å². The number of aromatic nitrogens is 14. The standard InChI is InChI=1S/C29H32N8.C26H23N7.C24H24FN7/c1-31-10-2-11-32-16-22-9-12-35(17-22)26-7-8-27-25(13-26)19-36-18-24(23-5-3-21(15-30)4-6-23)14-28(36)29-34-33-20-37(27)29;27-14-17-4-6-18(7-5-17)20-13-25-26-28-29-30-33(26)24-9-8-22(12-21(24)16-31(25)15-20)32-11-10-19-2-1-3-23(19)32;1-29(2)21-9-10-30(15-21)20-7-8-22-18(11-20)14-31-13-17(16-3-5-19(25)6-4-16)12-23(31)24-26-27-28-32(22)24/h3-8,13-14,18,20,22,31-32H,2,9-12,16-17,19H2,1H3;4-9,12-13,15,19,23H,1-3,10-11,16H2;3-8,11-13,21H,9-10,14-15H2,1-2H3/t;19-,23+;21-/m.10/s1. The van der Waals surface area contributed by atoms with Crippen molar-refractivity contribution in [2.24, 2.45) is 11.8 Å². The number of fused-ring (bicyclic) bond motifs is 16. The number of anilines is 3. The molecule has 12 heterocycles. The van der Waals surface area contributed by atoms with E-state index in [-0.39, 0.29) is 5.82 Å². The fourth-order valence-electron chi connectivity index (χ4n) is 16.4. The highest BCUT2D eigenvalue weighted by molar-refractivity contribution is 5.76. The highest BCUT2D eigenvalue weighted by atomic mass is 19.1. The van der Waals surface area contributed by atoms with Gasteiger partial charge < -0.3 is 43.9 Å². The third kappa shape index (κ3) is 12.3. The lowest BCUT2D eigenvalue weighted by atomic mass is 10.0. The molecule has 22 nitrogen and oxygen atoms in total. The van der Waals surface area contributed by atoms with Crippen LogP contribution in [-0.2, 0) is 19.6 Å². The highest BCUT2D eigenvalue weighted by Gasteiger charge is 2.38. The van der Waals surface area contributed by atoms with E-state index in [4.69, 9.17) is 10.5 Å². The van der Waals surface area contributed by atoms with Crippen LogP contribution in [0.3, 0.4) is 0 Å². The van der Waals surface area contributed by atoms with Gasteiger partial charge in [-0.05, 0) is 255 Å². The van der Waals surface area contributed by atoms with Crippen LogP contribution in [0.2, 0.25) is 0 Å². The molecule has 3 saturated heterocycles. The number of tetrazole rings is 2. The Hall–Kier alpha value is -11.4. The van der Waals surface area contributed by atoms with Gasteiger partial charge >= 0.3 is 0 Å². The molecule has 0 amide bonds. The molecule has 1 aliphatic carbocycles. The lowest BCUT2D eigenvalue weighted by molar-refractivity contribution is 0.315. The zero-order valence-electron chi connectivity index (χ0n) is 57.5. The van der Waals surface area contributed by atoms with Gasteiger partial charge in [-0.3, -0.25) is 4.57 Å². The van der Waals surface area contributed by atoms with Crippen molar-refractivity contribution >= 4 is 17.1 Å². The monoisotopic (exact) mass is 1350 g/mol. The Morgan fingerprint density at radius 2 is 1.06 bits per heavy atom. The van der Waals surface area contributed by atoms with Crippen LogP contribution >= 0.6 is 0 Å². The van der Waals surface area contributed by atoms with Crippen molar-refractivity contribution in [3.05, 3.63) is 204 Å². The summed E-state index contributed by atoms with van der Waals surface area (Å²) in [7, 11) is 6.30. The van der Waals surface area contributed by atoms with E-state index in [1.165, 1.54) is 84.4 Å². The summed E-state index contributed by atoms with van der Waals surface area (Å²) in [4.78, 5) is 9.91. The first-order valence-electron chi connectivity index (χ1n) is 35.6. The number of nitrogens with one attached hydrogen (secondary N) is 2. The number of hydrogen-bond donors (Lipinski definition) is 2. The summed E-state index contributed by atoms with van der Waals surface area (Å²) in [6, 6.07) is 54.2. The van der Waals surface area contributed by atoms with Gasteiger partial charge in [0.25, 0.3) is 0 Å². The average molecular weight is 1360 g/mol. The van der Waals surface area contributed by atoms with Gasteiger partial charge in [-0.2, -0.15) is 19.9 Å². The van der Waals surface area contributed by atoms with Crippen molar-refractivity contribution < 1.29 is 4.39 Å². The zero-order valence-corrected chi connectivity index (χ0v) is 57.5. The summed E-state index contributed by atoms with van der Waals surface area (Å²) in [6.07, 6.45) is 17.2. The van der Waals surface area contributed by atoms with Crippen LogP contribution in [0.1, 0.15) is 72.8 Å². The summed E-state index contributed by atoms with van der Waals surface area (Å²) < 4.78 is 25.9. The van der Waals surface area contributed by atoms with E-state index in [0.29, 0.717) is 41.5 Å². The molecule has 6 aliphatic heterocycles. The second-order valence-corrected chi connectivity index (χ2v) is 28.3. The Morgan fingerprint density at radius 1 is 0.529 bits per heavy atom. The average Bonchev–Trinajstić information content (AvgIpc) is 1.62. The van der Waals surface area contributed by atoms with E-state index < -0.39 is 0 Å². The van der Waals surface area contributed by atoms with Gasteiger partial charge in [-0.25, -0.2) is 4.39 Å². The molecular weight excluding hydrogens is 1280 g/mol. The molecule has 512 valence electrons. The fraction of sp³-hybridized carbons (Fsp3) is 0.316. The number of benzene rings is 6. The van der Waals surface area contributed by atoms with Gasteiger partial charge in [0.15, 0.2) is 5.82 Å². The SMILES string of the molecule is CN(C)[C@H]1CCN(c2ccc3c(c2)Cn2cc(-c4ccc(F)cc4)cc2-c2nnnn2-3)C1.CNCCCNCC1CCN(c2ccc3c(c2)Cn2cc(-c4ccc(C#N)cc4)cc2-c2nncn2-3)C1.N#Cc1ccc(-c2cc3n(c2)Cc2cc(N4CC[C@H]5CCC[C@@H]54)ccc2-n2nnnc2-3)cc1. The Bertz CT molecular complexity index is 5130. The lowest BCUT2D eigenvalue weighted by Crippen LogP contribution is -2.31. The molecule has 0 spiro atoms. The Kier molecular flexibility index (Phi) is 17.1. The predicted octanol–water partition coefficient (Wildman–Crippen LogP) is 11.5. The molecule has 6 aromatic heterocycles. The lowest BCUT2D eigenvalue weighted by Gasteiger charge is -2.27. The topological polar surface area (TPSA) is 217 Å². The molecule has 4 fully saturated rings. The Morgan fingerprint density at radius 3 is 1.63 bits per heavy atom. The number of hydrogen-bond acceptors (Lipinski definition) is 16. The molecule has 7 aliphatic rings. The maximum atomic E-state index is 13.4. The quantitative estimate of drug-likeness (QED) is 0.103. The second-order valence-electron chi connectivity index (χ2n) is 28.3. The molecule has 0 radical (unpaired) electrons. The largest absolute Gasteiger partial charge is 0.371 e. The maximum absolute atomic E-state index is 13.4. The maximum Gasteiger partial charge on any atom is 0.203 e. The zero-order chi connectivity index (χ0) is 69.0. The van der Waals surface area contributed by atoms with Crippen molar-refractivity contribution in [2.75, 3.05) is 88.2 Å². The summed E-state index contributed by atoms with van der Waals surface area (Å²) in [5.41, 5.74) is 21.3. The van der Waals surface area contributed by atoms with Crippen LogP contribution in [0.4, 0.5) is 21.5 Å². The summed E-state index contributed by atoms with van der Waals surface area (Å²) in [5, 5.41) is 59.1. The van der Waals surface area contributed by atoms with Crippen molar-refractivity contribution in [1.82, 2.24) is 84.4 Å². The molecule has 102 heavy (non-hydrogen) atoms. The molecule has 23 heteroatoms. The number of likely N-dealkylation sites (N-methyl/N-ethyl adjacent to an activating group) is 1. The summed E-state index contributed by atoms with van der Waals surface area (Å²) >= 11 is 0. The van der Waals surface area contributed by atoms with Gasteiger partial charge in [0.2, 0.25) is 11.6 Å². The minimum atomic E-state index is -0.238. The summed E-state index contributed by atoms with van der Waals surface area (Å²) in [6.45, 7) is 10.9. The number of halogens is 1. The third-order valence-corrected chi connectivity index (χ3v) is 21.9. The molecule has 0 bridgehead atoms. The first-order chi connectivity index (χ1) is 50.1. The molecule has 2 N–H and O–H groups in total. The van der Waals surface area contributed by atoms with Crippen LogP contribution in [0.5, 0.6) is 0 Å². The van der Waals surface area contributed by atoms with Crippen LogP contribution in [0.15, 0.2) is 171 Å². The molecular formula is C79H79FN22. The minimum Gasteiger partial charge on any atom is -0.371 e. The van der Waals surface area contributed by atoms with E-state index in [2.05, 4.69) is 207 Å². The molecule has 4 atom stereocenters. The Labute approximate surface area is 591 Å². The van der Waals surface area contributed by atoms with Crippen molar-refractivity contribution in [3.8, 4) is 97.1 Å². The second kappa shape index (κ2) is 27.3. The smallest absolute Gasteiger partial charge is 0.203 e. The van der Waals surface area contributed by atoms with Crippen LogP contribution in [-0.4, -0.2) is 159 Å². The normalized spacial score (nSPS) is 17.9. The van der Waals surface area contributed by atoms with E-state index in [9.17, 15) is 4.39 Å². The van der Waals surface area contributed by atoms with E-state index in [1.54, 1.807) is 12.1 Å². The fourth-order valence-corrected chi connectivity index (χ4v) is 16.4. The van der Waals surface area contributed by atoms with Gasteiger partial charge in [-0.1, -0.05) is 42.8 Å². The molecule has 19 rings (SSSR count). The number of nitrogens with zero attached hydrogens (tertiary/aromatic N) is 20. The van der Waals surface area contributed by atoms with Crippen LogP contribution in [0.25, 0.3) is 85.0 Å². The minimum absolute atomic E-state index is 0.238. The van der Waals surface area contributed by atoms with E-state index in [1.807, 2.05) is 71.3 Å². The van der Waals surface area contributed by atoms with Gasteiger partial charge in [0.1, 0.15) is 12.1 Å². The van der Waals surface area contributed by atoms with Crippen LogP contribution < -0.4 is 25.3 Å². The number of nitriles is 2. The van der Waals surface area contributed by atoms with Gasteiger partial charge in [-0.15, -0.1) is 20.4 Å². The Balaban J connectivity index is 0.000000114. The first kappa shape index (κ1) is 64.0. The molecule has 6 aromatic carbocycles. The van der Waals surface area contributed by atoms with Gasteiger partial charge in [0.05, 0.1) is 57.4 Å². The van der Waals surface area contributed by atoms with E-state index in [0.717, 1.165) is 157 Å². The highest BCUT2D eigenvalue weighted by Crippen LogP contribution is 2.43. The van der Waals surface area contributed by atoms with Crippen LogP contribution in [0, 0.1) is 40.3 Å². The summed E-state index contributed by atoms with van der Waals surface area (Å²) in [5.74, 6) is 3.61. The van der Waals surface area contributed by atoms with Crippen molar-refractivity contribution in [3.63, 3.8) is 0 Å². The number of rotatable bonds is 13. The third-order valence-electron chi connectivity index (χ3n) is 21.9.